The molecule has 0 aromatic heterocycles. The Bertz CT molecular complexity index is 996. The van der Waals surface area contributed by atoms with E-state index < -0.39 is 17.6 Å². The van der Waals surface area contributed by atoms with Crippen LogP contribution in [-0.4, -0.2) is 36.3 Å². The second-order valence-electron chi connectivity index (χ2n) is 5.68. The number of ether oxygens (including phenoxy) is 2. The molecule has 2 aromatic carbocycles. The van der Waals surface area contributed by atoms with Crippen molar-refractivity contribution in [1.82, 2.24) is 5.32 Å². The molecule has 9 heteroatoms. The Morgan fingerprint density at radius 2 is 1.75 bits per heavy atom. The molecule has 1 heterocycles. The Balaban J connectivity index is 2.08. The normalized spacial score (nSPS) is 15.6. The third-order valence-corrected chi connectivity index (χ3v) is 4.29. The lowest BCUT2D eigenvalue weighted by Gasteiger charge is -2.29. The van der Waals surface area contributed by atoms with Crippen molar-refractivity contribution in [1.29, 1.82) is 0 Å². The molecule has 0 radical (unpaired) electrons. The summed E-state index contributed by atoms with van der Waals surface area (Å²) in [5.74, 6) is -2.21. The Morgan fingerprint density at radius 1 is 1.14 bits per heavy atom. The molecular weight excluding hydrogens is 387 g/mol. The molecule has 28 heavy (non-hydrogen) atoms. The van der Waals surface area contributed by atoms with E-state index in [1.807, 2.05) is 0 Å². The van der Waals surface area contributed by atoms with Crippen LogP contribution < -0.4 is 19.7 Å². The van der Waals surface area contributed by atoms with E-state index in [0.29, 0.717) is 5.56 Å². The zero-order chi connectivity index (χ0) is 20.4. The number of nitrogens with zero attached hydrogens (tertiary/aromatic N) is 1. The lowest BCUT2D eigenvalue weighted by Crippen LogP contribution is -2.54. The Labute approximate surface area is 165 Å². The number of phenols is 1. The molecule has 0 spiro atoms. The molecule has 7 nitrogen and oxygen atoms in total. The number of carbonyl (C=O) groups is 2. The van der Waals surface area contributed by atoms with Crippen LogP contribution in [0.25, 0.3) is 6.08 Å². The van der Waals surface area contributed by atoms with Gasteiger partial charge < -0.3 is 14.6 Å². The van der Waals surface area contributed by atoms with Crippen molar-refractivity contribution in [2.75, 3.05) is 19.1 Å². The molecule has 0 unspecified atom stereocenters. The van der Waals surface area contributed by atoms with E-state index in [1.165, 1.54) is 50.6 Å². The SMILES string of the molecule is COc1cc(/C=C2\C(=O)NC(=S)N(c3ccccc3F)C2=O)cc(OC)c1O. The van der Waals surface area contributed by atoms with Crippen molar-refractivity contribution >= 4 is 40.9 Å². The number of thiocarbonyl (C=S) groups is 1. The lowest BCUT2D eigenvalue weighted by atomic mass is 10.1. The first kappa shape index (κ1) is 19.3. The van der Waals surface area contributed by atoms with E-state index in [0.717, 1.165) is 4.90 Å². The van der Waals surface area contributed by atoms with Crippen molar-refractivity contribution < 1.29 is 28.6 Å². The van der Waals surface area contributed by atoms with Gasteiger partial charge in [0.05, 0.1) is 19.9 Å². The fraction of sp³-hybridized carbons (Fsp3) is 0.105. The van der Waals surface area contributed by atoms with E-state index in [1.54, 1.807) is 6.07 Å². The second kappa shape index (κ2) is 7.65. The molecule has 0 bridgehead atoms. The number of aromatic hydroxyl groups is 1. The minimum absolute atomic E-state index is 0.0794. The highest BCUT2D eigenvalue weighted by atomic mass is 32.1. The van der Waals surface area contributed by atoms with Crippen LogP contribution in [0.4, 0.5) is 10.1 Å². The van der Waals surface area contributed by atoms with Crippen LogP contribution in [0.3, 0.4) is 0 Å². The van der Waals surface area contributed by atoms with Crippen molar-refractivity contribution in [3.05, 3.63) is 53.4 Å². The lowest BCUT2D eigenvalue weighted by molar-refractivity contribution is -0.122. The predicted octanol–water partition coefficient (Wildman–Crippen LogP) is 2.38. The summed E-state index contributed by atoms with van der Waals surface area (Å²) >= 11 is 5.04. The van der Waals surface area contributed by atoms with Crippen LogP contribution in [0.1, 0.15) is 5.56 Å². The maximum Gasteiger partial charge on any atom is 0.270 e. The summed E-state index contributed by atoms with van der Waals surface area (Å²) in [6, 6.07) is 8.42. The number of para-hydroxylation sites is 1. The molecule has 1 saturated heterocycles. The fourth-order valence-electron chi connectivity index (χ4n) is 2.67. The van der Waals surface area contributed by atoms with Crippen molar-refractivity contribution in [3.63, 3.8) is 0 Å². The summed E-state index contributed by atoms with van der Waals surface area (Å²) in [6.45, 7) is 0. The summed E-state index contributed by atoms with van der Waals surface area (Å²) in [5, 5.41) is 12.1. The molecule has 0 saturated carbocycles. The number of carbonyl (C=O) groups excluding carboxylic acids is 2. The predicted molar refractivity (Wildman–Crippen MR) is 104 cm³/mol. The minimum Gasteiger partial charge on any atom is -0.502 e. The first-order chi connectivity index (χ1) is 13.4. The van der Waals surface area contributed by atoms with Gasteiger partial charge in [0, 0.05) is 0 Å². The van der Waals surface area contributed by atoms with Gasteiger partial charge in [0.15, 0.2) is 16.6 Å². The van der Waals surface area contributed by atoms with E-state index in [-0.39, 0.29) is 33.6 Å². The molecule has 0 aliphatic carbocycles. The summed E-state index contributed by atoms with van der Waals surface area (Å²) in [5.41, 5.74) is 0.00205. The van der Waals surface area contributed by atoms with E-state index in [2.05, 4.69) is 5.32 Å². The summed E-state index contributed by atoms with van der Waals surface area (Å²) in [4.78, 5) is 26.2. The zero-order valence-electron chi connectivity index (χ0n) is 14.9. The maximum absolute atomic E-state index is 14.2. The van der Waals surface area contributed by atoms with Gasteiger partial charge in [-0.1, -0.05) is 12.1 Å². The van der Waals surface area contributed by atoms with Crippen molar-refractivity contribution in [3.8, 4) is 17.2 Å². The van der Waals surface area contributed by atoms with Gasteiger partial charge >= 0.3 is 0 Å². The highest BCUT2D eigenvalue weighted by Gasteiger charge is 2.35. The van der Waals surface area contributed by atoms with E-state index >= 15 is 0 Å². The number of amides is 2. The molecule has 144 valence electrons. The molecule has 1 aliphatic rings. The molecule has 2 amide bonds. The van der Waals surface area contributed by atoms with E-state index in [9.17, 15) is 19.1 Å². The highest BCUT2D eigenvalue weighted by molar-refractivity contribution is 7.80. The van der Waals surface area contributed by atoms with Gasteiger partial charge in [-0.15, -0.1) is 0 Å². The number of anilines is 1. The third kappa shape index (κ3) is 3.39. The number of phenolic OH excluding ortho intramolecular Hbond substituents is 1. The van der Waals surface area contributed by atoms with Crippen LogP contribution in [0.5, 0.6) is 17.2 Å². The molecule has 1 aliphatic heterocycles. The molecule has 2 aromatic rings. The van der Waals surface area contributed by atoms with E-state index in [4.69, 9.17) is 21.7 Å². The van der Waals surface area contributed by atoms with Crippen LogP contribution in [-0.2, 0) is 9.59 Å². The standard InChI is InChI=1S/C19H15FN2O5S/c1-26-14-8-10(9-15(27-2)16(14)23)7-11-17(24)21-19(28)22(18(11)25)13-6-4-3-5-12(13)20/h3-9,23H,1-2H3,(H,21,24,28)/b11-7+. The Kier molecular flexibility index (Phi) is 5.27. The van der Waals surface area contributed by atoms with Gasteiger partial charge in [-0.25, -0.2) is 9.29 Å². The van der Waals surface area contributed by atoms with Gasteiger partial charge in [-0.2, -0.15) is 0 Å². The Hall–Kier alpha value is -3.46. The third-order valence-electron chi connectivity index (χ3n) is 4.01. The first-order valence-electron chi connectivity index (χ1n) is 7.98. The summed E-state index contributed by atoms with van der Waals surface area (Å²) in [6.07, 6.45) is 1.28. The average Bonchev–Trinajstić information content (AvgIpc) is 2.67. The van der Waals surface area contributed by atoms with Crippen LogP contribution in [0.2, 0.25) is 0 Å². The zero-order valence-corrected chi connectivity index (χ0v) is 15.7. The molecular formula is C19H15FN2O5S. The van der Waals surface area contributed by atoms with Gasteiger partial charge in [-0.05, 0) is 48.1 Å². The number of benzene rings is 2. The average molecular weight is 402 g/mol. The van der Waals surface area contributed by atoms with Gasteiger partial charge in [0.1, 0.15) is 11.4 Å². The van der Waals surface area contributed by atoms with Crippen LogP contribution in [0, 0.1) is 5.82 Å². The summed E-state index contributed by atoms with van der Waals surface area (Å²) in [7, 11) is 2.70. The quantitative estimate of drug-likeness (QED) is 0.464. The van der Waals surface area contributed by atoms with Gasteiger partial charge in [0.25, 0.3) is 11.8 Å². The Morgan fingerprint density at radius 3 is 2.32 bits per heavy atom. The monoisotopic (exact) mass is 402 g/mol. The molecule has 0 atom stereocenters. The maximum atomic E-state index is 14.2. The molecule has 1 fully saturated rings. The fourth-order valence-corrected chi connectivity index (χ4v) is 2.95. The minimum atomic E-state index is -0.787. The number of methoxy groups -OCH3 is 2. The number of nitrogens with one attached hydrogen (secondary N) is 1. The molecule has 3 rings (SSSR count). The van der Waals surface area contributed by atoms with Crippen molar-refractivity contribution in [2.45, 2.75) is 0 Å². The summed E-state index contributed by atoms with van der Waals surface area (Å²) < 4.78 is 24.3. The number of hydrogen-bond donors (Lipinski definition) is 2. The number of hydrogen-bond acceptors (Lipinski definition) is 6. The topological polar surface area (TPSA) is 88.1 Å². The van der Waals surface area contributed by atoms with Crippen molar-refractivity contribution in [2.24, 2.45) is 0 Å². The smallest absolute Gasteiger partial charge is 0.270 e. The first-order valence-corrected chi connectivity index (χ1v) is 8.39. The molecule has 2 N–H and O–H groups in total. The van der Waals surface area contributed by atoms with Crippen LogP contribution in [0.15, 0.2) is 42.0 Å². The highest BCUT2D eigenvalue weighted by Crippen LogP contribution is 2.38. The largest absolute Gasteiger partial charge is 0.502 e. The number of halogens is 1. The van der Waals surface area contributed by atoms with Gasteiger partial charge in [0.2, 0.25) is 5.75 Å². The van der Waals surface area contributed by atoms with Crippen LogP contribution >= 0.6 is 12.2 Å². The second-order valence-corrected chi connectivity index (χ2v) is 6.07. The van der Waals surface area contributed by atoms with Gasteiger partial charge in [-0.3, -0.25) is 14.9 Å². The number of rotatable bonds is 4.